The van der Waals surface area contributed by atoms with E-state index < -0.39 is 5.91 Å². The molecule has 27 heavy (non-hydrogen) atoms. The normalized spacial score (nSPS) is 12.7. The molecule has 3 rings (SSSR count). The van der Waals surface area contributed by atoms with Crippen LogP contribution in [0.2, 0.25) is 0 Å². The number of hydrogen-bond acceptors (Lipinski definition) is 8. The Morgan fingerprint density at radius 1 is 1.33 bits per heavy atom. The Hall–Kier alpha value is -3.19. The van der Waals surface area contributed by atoms with Crippen LogP contribution in [0.5, 0.6) is 11.9 Å². The van der Waals surface area contributed by atoms with E-state index in [4.69, 9.17) is 9.47 Å². The molecule has 2 amide bonds. The molecule has 0 fully saturated rings. The van der Waals surface area contributed by atoms with Gasteiger partial charge in [0.15, 0.2) is 0 Å². The minimum atomic E-state index is -0.507. The topological polar surface area (TPSA) is 117 Å². The molecule has 1 aliphatic rings. The molecule has 2 aromatic heterocycles. The summed E-state index contributed by atoms with van der Waals surface area (Å²) < 4.78 is 10.0. The average Bonchev–Trinajstić information content (AvgIpc) is 3.03. The molecular formula is C17H17N5O4S. The summed E-state index contributed by atoms with van der Waals surface area (Å²) in [4.78, 5) is 34.8. The van der Waals surface area contributed by atoms with Crippen LogP contribution in [0.1, 0.15) is 33.4 Å². The Morgan fingerprint density at radius 3 is 2.74 bits per heavy atom. The van der Waals surface area contributed by atoms with Gasteiger partial charge in [0, 0.05) is 24.4 Å². The molecule has 0 saturated heterocycles. The zero-order valence-electron chi connectivity index (χ0n) is 15.0. The van der Waals surface area contributed by atoms with E-state index in [1.807, 2.05) is 0 Å². The molecule has 9 nitrogen and oxygen atoms in total. The number of nitriles is 1. The first-order valence-corrected chi connectivity index (χ1v) is 8.87. The largest absolute Gasteiger partial charge is 0.481 e. The first-order valence-electron chi connectivity index (χ1n) is 8.05. The van der Waals surface area contributed by atoms with Gasteiger partial charge in [-0.05, 0) is 12.0 Å². The molecule has 0 radical (unpaired) electrons. The lowest BCUT2D eigenvalue weighted by atomic mass is 10.0. The zero-order chi connectivity index (χ0) is 19.6. The summed E-state index contributed by atoms with van der Waals surface area (Å²) in [6.45, 7) is 2.51. The Labute approximate surface area is 159 Å². The molecule has 2 aromatic rings. The van der Waals surface area contributed by atoms with E-state index in [-0.39, 0.29) is 23.5 Å². The van der Waals surface area contributed by atoms with Gasteiger partial charge in [-0.15, -0.1) is 11.3 Å². The second-order valence-corrected chi connectivity index (χ2v) is 6.85. The number of fused-ring (bicyclic) bond motifs is 1. The van der Waals surface area contributed by atoms with Gasteiger partial charge in [0.05, 0.1) is 26.3 Å². The maximum Gasteiger partial charge on any atom is 0.320 e. The van der Waals surface area contributed by atoms with Crippen molar-refractivity contribution < 1.29 is 19.1 Å². The average molecular weight is 387 g/mol. The first-order chi connectivity index (χ1) is 13.0. The van der Waals surface area contributed by atoms with Crippen molar-refractivity contribution in [2.45, 2.75) is 19.9 Å². The number of carbonyl (C=O) groups excluding carboxylic acids is 2. The molecule has 0 atom stereocenters. The number of methoxy groups -OCH3 is 2. The van der Waals surface area contributed by atoms with Gasteiger partial charge in [0.1, 0.15) is 16.8 Å². The quantitative estimate of drug-likeness (QED) is 0.846. The fourth-order valence-corrected chi connectivity index (χ4v) is 3.97. The number of amides is 2. The third-order valence-corrected chi connectivity index (χ3v) is 5.28. The number of nitrogens with zero attached hydrogens (tertiary/aromatic N) is 4. The van der Waals surface area contributed by atoms with Crippen LogP contribution in [-0.4, -0.2) is 47.4 Å². The predicted molar refractivity (Wildman–Crippen MR) is 96.9 cm³/mol. The summed E-state index contributed by atoms with van der Waals surface area (Å²) in [7, 11) is 2.81. The van der Waals surface area contributed by atoms with Crippen molar-refractivity contribution in [3.05, 3.63) is 27.8 Å². The molecule has 0 spiro atoms. The van der Waals surface area contributed by atoms with Crippen molar-refractivity contribution in [2.75, 3.05) is 26.1 Å². The van der Waals surface area contributed by atoms with Gasteiger partial charge in [-0.2, -0.15) is 15.2 Å². The van der Waals surface area contributed by atoms with Gasteiger partial charge < -0.3 is 19.7 Å². The Bertz CT molecular complexity index is 927. The second kappa shape index (κ2) is 7.59. The lowest BCUT2D eigenvalue weighted by Crippen LogP contribution is -2.33. The molecule has 1 aliphatic heterocycles. The molecular weight excluding hydrogens is 370 g/mol. The van der Waals surface area contributed by atoms with Gasteiger partial charge in [-0.25, -0.2) is 0 Å². The maximum atomic E-state index is 12.6. The van der Waals surface area contributed by atoms with Crippen LogP contribution in [0, 0.1) is 11.3 Å². The van der Waals surface area contributed by atoms with Crippen molar-refractivity contribution in [1.29, 1.82) is 5.26 Å². The number of ether oxygens (including phenoxy) is 2. The minimum absolute atomic E-state index is 0.00239. The second-order valence-electron chi connectivity index (χ2n) is 5.75. The van der Waals surface area contributed by atoms with Crippen molar-refractivity contribution in [3.63, 3.8) is 0 Å². The number of hydrogen-bond donors (Lipinski definition) is 1. The Kier molecular flexibility index (Phi) is 5.23. The van der Waals surface area contributed by atoms with E-state index in [0.29, 0.717) is 30.1 Å². The predicted octanol–water partition coefficient (Wildman–Crippen LogP) is 1.58. The molecule has 3 heterocycles. The van der Waals surface area contributed by atoms with Crippen molar-refractivity contribution in [2.24, 2.45) is 0 Å². The van der Waals surface area contributed by atoms with Crippen LogP contribution in [0.3, 0.4) is 0 Å². The van der Waals surface area contributed by atoms with Gasteiger partial charge >= 0.3 is 6.01 Å². The van der Waals surface area contributed by atoms with E-state index in [9.17, 15) is 14.9 Å². The highest BCUT2D eigenvalue weighted by atomic mass is 32.1. The third-order valence-electron chi connectivity index (χ3n) is 4.15. The van der Waals surface area contributed by atoms with Crippen molar-refractivity contribution in [3.8, 4) is 18.0 Å². The van der Waals surface area contributed by atoms with Crippen LogP contribution in [0.25, 0.3) is 0 Å². The van der Waals surface area contributed by atoms with E-state index in [2.05, 4.69) is 21.4 Å². The highest BCUT2D eigenvalue weighted by Gasteiger charge is 2.26. The lowest BCUT2D eigenvalue weighted by Gasteiger charge is -2.25. The lowest BCUT2D eigenvalue weighted by molar-refractivity contribution is -0.129. The van der Waals surface area contributed by atoms with Gasteiger partial charge in [-0.3, -0.25) is 9.59 Å². The smallest absolute Gasteiger partial charge is 0.320 e. The van der Waals surface area contributed by atoms with E-state index in [0.717, 1.165) is 10.4 Å². The van der Waals surface area contributed by atoms with Gasteiger partial charge in [-0.1, -0.05) is 0 Å². The van der Waals surface area contributed by atoms with Crippen LogP contribution in [0.15, 0.2) is 6.07 Å². The summed E-state index contributed by atoms with van der Waals surface area (Å²) in [5, 5.41) is 12.7. The minimum Gasteiger partial charge on any atom is -0.481 e. The maximum absolute atomic E-state index is 12.6. The number of thiophene rings is 1. The Morgan fingerprint density at radius 2 is 2.11 bits per heavy atom. The molecule has 1 N–H and O–H groups in total. The number of aromatic nitrogens is 2. The summed E-state index contributed by atoms with van der Waals surface area (Å²) in [5.74, 6) is -0.332. The van der Waals surface area contributed by atoms with Crippen molar-refractivity contribution in [1.82, 2.24) is 14.9 Å². The number of carbonyl (C=O) groups is 2. The highest BCUT2D eigenvalue weighted by molar-refractivity contribution is 7.16. The summed E-state index contributed by atoms with van der Waals surface area (Å²) in [6, 6.07) is 3.55. The molecule has 10 heteroatoms. The van der Waals surface area contributed by atoms with E-state index in [1.165, 1.54) is 38.5 Å². The van der Waals surface area contributed by atoms with Gasteiger partial charge in [0.25, 0.3) is 5.91 Å². The van der Waals surface area contributed by atoms with Crippen LogP contribution >= 0.6 is 11.3 Å². The van der Waals surface area contributed by atoms with Crippen LogP contribution in [0.4, 0.5) is 5.00 Å². The summed E-state index contributed by atoms with van der Waals surface area (Å²) in [5.41, 5.74) is 1.37. The summed E-state index contributed by atoms with van der Waals surface area (Å²) >= 11 is 1.30. The third kappa shape index (κ3) is 3.68. The standard InChI is InChI=1S/C17H17N5O4S/c1-9(23)22-5-4-10-11(7-18)16(27-13(10)8-22)21-15(24)12-6-14(25-2)20-17(19-12)26-3/h6H,4-5,8H2,1-3H3,(H,21,24). The number of nitrogens with one attached hydrogen (secondary N) is 1. The van der Waals surface area contributed by atoms with Crippen molar-refractivity contribution >= 4 is 28.2 Å². The highest BCUT2D eigenvalue weighted by Crippen LogP contribution is 2.37. The molecule has 0 saturated carbocycles. The van der Waals surface area contributed by atoms with Crippen LogP contribution in [-0.2, 0) is 17.8 Å². The van der Waals surface area contributed by atoms with Crippen LogP contribution < -0.4 is 14.8 Å². The monoisotopic (exact) mass is 387 g/mol. The van der Waals surface area contributed by atoms with E-state index in [1.54, 1.807) is 4.90 Å². The zero-order valence-corrected chi connectivity index (χ0v) is 15.8. The molecule has 140 valence electrons. The molecule has 0 bridgehead atoms. The Balaban J connectivity index is 1.89. The van der Waals surface area contributed by atoms with E-state index >= 15 is 0 Å². The number of anilines is 1. The molecule has 0 aliphatic carbocycles. The first kappa shape index (κ1) is 18.6. The fourth-order valence-electron chi connectivity index (χ4n) is 2.76. The van der Waals surface area contributed by atoms with Gasteiger partial charge in [0.2, 0.25) is 11.8 Å². The molecule has 0 aromatic carbocycles. The molecule has 0 unspecified atom stereocenters. The SMILES string of the molecule is COc1cc(C(=O)Nc2sc3c(c2C#N)CCN(C(C)=O)C3)nc(OC)n1. The summed E-state index contributed by atoms with van der Waals surface area (Å²) in [6.07, 6.45) is 0.583. The fraction of sp³-hybridized carbons (Fsp3) is 0.353. The number of rotatable bonds is 4.